The Labute approximate surface area is 212 Å². The van der Waals surface area contributed by atoms with Crippen LogP contribution in [-0.4, -0.2) is 72.7 Å². The van der Waals surface area contributed by atoms with Gasteiger partial charge in [0.25, 0.3) is 5.56 Å². The highest BCUT2D eigenvalue weighted by Crippen LogP contribution is 2.26. The molecule has 8 nitrogen and oxygen atoms in total. The first-order chi connectivity index (χ1) is 17.5. The number of carbonyl (C=O) groups is 2. The number of methoxy groups -OCH3 is 1. The Morgan fingerprint density at radius 3 is 2.64 bits per heavy atom. The number of likely N-dealkylation sites (tertiary alicyclic amines) is 1. The molecule has 0 spiro atoms. The van der Waals surface area contributed by atoms with Crippen LogP contribution in [0.2, 0.25) is 0 Å². The molecule has 1 aromatic heterocycles. The Morgan fingerprint density at radius 2 is 1.89 bits per heavy atom. The number of amides is 1. The maximum atomic E-state index is 13.3. The lowest BCUT2D eigenvalue weighted by atomic mass is 9.96. The highest BCUT2D eigenvalue weighted by Gasteiger charge is 2.32. The number of aryl methyl sites for hydroxylation is 1. The van der Waals surface area contributed by atoms with Gasteiger partial charge in [-0.1, -0.05) is 37.3 Å². The molecule has 1 fully saturated rings. The van der Waals surface area contributed by atoms with Crippen molar-refractivity contribution in [1.82, 2.24) is 14.4 Å². The summed E-state index contributed by atoms with van der Waals surface area (Å²) in [7, 11) is 1.33. The molecule has 2 aliphatic rings. The molecule has 1 atom stereocenters. The first-order valence-electron chi connectivity index (χ1n) is 13.0. The minimum Gasteiger partial charge on any atom is -0.492 e. The second-order valence-electron chi connectivity index (χ2n) is 9.56. The molecule has 4 rings (SSSR count). The monoisotopic (exact) mass is 495 g/mol. The zero-order valence-electron chi connectivity index (χ0n) is 21.4. The van der Waals surface area contributed by atoms with Crippen LogP contribution in [0.3, 0.4) is 0 Å². The zero-order chi connectivity index (χ0) is 25.5. The number of nitrogens with zero attached hydrogens (tertiary/aromatic N) is 3. The number of rotatable bonds is 8. The standard InChI is InChI=1S/C28H37N3O5/c1-3-29-14-7-12-22(20-29)27(33)30-15-13-23-26(28(34)35-2)24(19-25(32)31(23)17-16-30)36-18-8-11-21-9-5-4-6-10-21/h4-6,9-10,19,22H,3,7-8,11-18,20H2,1-2H3. The van der Waals surface area contributed by atoms with Crippen LogP contribution in [0.15, 0.2) is 41.2 Å². The SMILES string of the molecule is CCN1CCCC(C(=O)N2CCc3c(C(=O)OC)c(OCCCc4ccccc4)cc(=O)n3CC2)C1. The lowest BCUT2D eigenvalue weighted by molar-refractivity contribution is -0.137. The van der Waals surface area contributed by atoms with Crippen LogP contribution in [-0.2, 0) is 28.9 Å². The van der Waals surface area contributed by atoms with Gasteiger partial charge in [0.05, 0.1) is 19.6 Å². The molecule has 1 saturated heterocycles. The van der Waals surface area contributed by atoms with E-state index in [-0.39, 0.29) is 23.1 Å². The molecular formula is C28H37N3O5. The Balaban J connectivity index is 1.49. The van der Waals surface area contributed by atoms with Crippen LogP contribution in [0.1, 0.15) is 47.8 Å². The Bertz CT molecular complexity index is 1110. The van der Waals surface area contributed by atoms with Crippen LogP contribution in [0.5, 0.6) is 5.75 Å². The topological polar surface area (TPSA) is 81.1 Å². The predicted octanol–water partition coefficient (Wildman–Crippen LogP) is 2.76. The van der Waals surface area contributed by atoms with Crippen molar-refractivity contribution in [3.8, 4) is 5.75 Å². The molecule has 1 amide bonds. The van der Waals surface area contributed by atoms with Crippen molar-refractivity contribution >= 4 is 11.9 Å². The average molecular weight is 496 g/mol. The summed E-state index contributed by atoms with van der Waals surface area (Å²) in [6.45, 7) is 6.53. The van der Waals surface area contributed by atoms with E-state index in [1.54, 1.807) is 4.57 Å². The van der Waals surface area contributed by atoms with Gasteiger partial charge in [0.1, 0.15) is 11.3 Å². The van der Waals surface area contributed by atoms with E-state index in [2.05, 4.69) is 24.0 Å². The van der Waals surface area contributed by atoms with E-state index in [9.17, 15) is 14.4 Å². The van der Waals surface area contributed by atoms with Crippen molar-refractivity contribution in [3.05, 3.63) is 63.6 Å². The molecular weight excluding hydrogens is 458 g/mol. The van der Waals surface area contributed by atoms with Gasteiger partial charge in [0.15, 0.2) is 0 Å². The number of esters is 1. The van der Waals surface area contributed by atoms with Gasteiger partial charge in [-0.25, -0.2) is 4.79 Å². The number of carbonyl (C=O) groups excluding carboxylic acids is 2. The van der Waals surface area contributed by atoms with E-state index in [1.165, 1.54) is 18.7 Å². The lowest BCUT2D eigenvalue weighted by Gasteiger charge is -2.34. The molecule has 36 heavy (non-hydrogen) atoms. The van der Waals surface area contributed by atoms with E-state index in [0.29, 0.717) is 43.9 Å². The highest BCUT2D eigenvalue weighted by atomic mass is 16.5. The van der Waals surface area contributed by atoms with Gasteiger partial charge in [-0.05, 0) is 44.3 Å². The first-order valence-corrected chi connectivity index (χ1v) is 13.0. The molecule has 0 N–H and O–H groups in total. The number of aromatic nitrogens is 1. The number of piperidine rings is 1. The molecule has 2 aliphatic heterocycles. The second-order valence-corrected chi connectivity index (χ2v) is 9.56. The van der Waals surface area contributed by atoms with Crippen LogP contribution in [0, 0.1) is 5.92 Å². The van der Waals surface area contributed by atoms with Gasteiger partial charge < -0.3 is 23.8 Å². The maximum absolute atomic E-state index is 13.3. The van der Waals surface area contributed by atoms with Gasteiger partial charge in [0, 0.05) is 44.4 Å². The molecule has 1 unspecified atom stereocenters. The van der Waals surface area contributed by atoms with Gasteiger partial charge >= 0.3 is 5.97 Å². The highest BCUT2D eigenvalue weighted by molar-refractivity contribution is 5.93. The van der Waals surface area contributed by atoms with E-state index in [0.717, 1.165) is 45.3 Å². The second kappa shape index (κ2) is 12.2. The van der Waals surface area contributed by atoms with Crippen molar-refractivity contribution in [1.29, 1.82) is 0 Å². The van der Waals surface area contributed by atoms with E-state index in [4.69, 9.17) is 9.47 Å². The van der Waals surface area contributed by atoms with Crippen LogP contribution in [0.25, 0.3) is 0 Å². The van der Waals surface area contributed by atoms with Gasteiger partial charge in [-0.2, -0.15) is 0 Å². The van der Waals surface area contributed by atoms with Crippen molar-refractivity contribution in [2.75, 3.05) is 46.4 Å². The number of hydrogen-bond donors (Lipinski definition) is 0. The molecule has 0 saturated carbocycles. The third-order valence-corrected chi connectivity index (χ3v) is 7.31. The molecule has 194 valence electrons. The van der Waals surface area contributed by atoms with Crippen molar-refractivity contribution in [3.63, 3.8) is 0 Å². The van der Waals surface area contributed by atoms with Gasteiger partial charge in [-0.3, -0.25) is 9.59 Å². The summed E-state index contributed by atoms with van der Waals surface area (Å²) in [5.41, 5.74) is 1.86. The summed E-state index contributed by atoms with van der Waals surface area (Å²) in [5, 5.41) is 0. The van der Waals surface area contributed by atoms with E-state index < -0.39 is 5.97 Å². The Hall–Kier alpha value is -3.13. The molecule has 3 heterocycles. The van der Waals surface area contributed by atoms with Gasteiger partial charge in [-0.15, -0.1) is 0 Å². The quantitative estimate of drug-likeness (QED) is 0.414. The number of ether oxygens (including phenoxy) is 2. The minimum atomic E-state index is -0.526. The summed E-state index contributed by atoms with van der Waals surface area (Å²) in [5.74, 6) is -0.134. The summed E-state index contributed by atoms with van der Waals surface area (Å²) in [6, 6.07) is 11.5. The number of fused-ring (bicyclic) bond motifs is 1. The van der Waals surface area contributed by atoms with Crippen molar-refractivity contribution in [2.45, 2.75) is 45.6 Å². The fraction of sp³-hybridized carbons (Fsp3) is 0.536. The van der Waals surface area contributed by atoms with Crippen LogP contribution < -0.4 is 10.3 Å². The van der Waals surface area contributed by atoms with Crippen LogP contribution >= 0.6 is 0 Å². The number of benzene rings is 1. The first kappa shape index (κ1) is 25.9. The Morgan fingerprint density at radius 1 is 1.08 bits per heavy atom. The fourth-order valence-electron chi connectivity index (χ4n) is 5.31. The Kier molecular flexibility index (Phi) is 8.80. The lowest BCUT2D eigenvalue weighted by Crippen LogP contribution is -2.45. The summed E-state index contributed by atoms with van der Waals surface area (Å²) >= 11 is 0. The smallest absolute Gasteiger partial charge is 0.343 e. The van der Waals surface area contributed by atoms with Crippen molar-refractivity contribution < 1.29 is 19.1 Å². The molecule has 0 aliphatic carbocycles. The summed E-state index contributed by atoms with van der Waals surface area (Å²) in [4.78, 5) is 43.4. The number of hydrogen-bond acceptors (Lipinski definition) is 6. The molecule has 2 aromatic rings. The minimum absolute atomic E-state index is 0.0137. The largest absolute Gasteiger partial charge is 0.492 e. The molecule has 1 aromatic carbocycles. The van der Waals surface area contributed by atoms with E-state index in [1.807, 2.05) is 23.1 Å². The zero-order valence-corrected chi connectivity index (χ0v) is 21.4. The third-order valence-electron chi connectivity index (χ3n) is 7.31. The predicted molar refractivity (Wildman–Crippen MR) is 137 cm³/mol. The van der Waals surface area contributed by atoms with Gasteiger partial charge in [0.2, 0.25) is 5.91 Å². The van der Waals surface area contributed by atoms with Crippen molar-refractivity contribution in [2.24, 2.45) is 5.92 Å². The average Bonchev–Trinajstić information content (AvgIpc) is 3.14. The molecule has 0 bridgehead atoms. The molecule has 8 heteroatoms. The number of pyridine rings is 1. The van der Waals surface area contributed by atoms with E-state index >= 15 is 0 Å². The summed E-state index contributed by atoms with van der Waals surface area (Å²) < 4.78 is 12.6. The molecule has 0 radical (unpaired) electrons. The third kappa shape index (κ3) is 5.98. The fourth-order valence-corrected chi connectivity index (χ4v) is 5.31. The van der Waals surface area contributed by atoms with Crippen LogP contribution in [0.4, 0.5) is 0 Å². The summed E-state index contributed by atoms with van der Waals surface area (Å²) in [6.07, 6.45) is 3.91. The normalized spacial score (nSPS) is 18.3. The maximum Gasteiger partial charge on any atom is 0.343 e.